The van der Waals surface area contributed by atoms with Crippen LogP contribution in [-0.4, -0.2) is 46.1 Å². The minimum atomic E-state index is -1.01. The number of carbonyl (C=O) groups is 1. The molecule has 1 fully saturated rings. The summed E-state index contributed by atoms with van der Waals surface area (Å²) < 4.78 is 0. The fourth-order valence-electron chi connectivity index (χ4n) is 2.00. The topological polar surface area (TPSA) is 99.2 Å². The molecule has 0 saturated carbocycles. The average Bonchev–Trinajstić information content (AvgIpc) is 2.75. The Bertz CT molecular complexity index is 326. The molecule has 0 aliphatic carbocycles. The maximum Gasteiger partial charge on any atom is 0.235 e. The molecule has 0 aromatic heterocycles. The number of amidine groups is 1. The number of hydrogen-bond acceptors (Lipinski definition) is 4. The Morgan fingerprint density at radius 3 is 2.59 bits per heavy atom. The molecule has 1 aliphatic rings. The lowest BCUT2D eigenvalue weighted by Crippen LogP contribution is -2.47. The third-order valence-electron chi connectivity index (χ3n) is 3.48. The first-order chi connectivity index (χ1) is 7.80. The Morgan fingerprint density at radius 1 is 1.59 bits per heavy atom. The van der Waals surface area contributed by atoms with Crippen molar-refractivity contribution in [1.29, 1.82) is 0 Å². The molecule has 1 heterocycles. The minimum absolute atomic E-state index is 0.0944. The average molecular weight is 243 g/mol. The second-order valence-corrected chi connectivity index (χ2v) is 5.15. The van der Waals surface area contributed by atoms with Gasteiger partial charge in [-0.2, -0.15) is 0 Å². The van der Waals surface area contributed by atoms with E-state index < -0.39 is 11.5 Å². The van der Waals surface area contributed by atoms with E-state index in [1.54, 1.807) is 25.7 Å². The van der Waals surface area contributed by atoms with Crippen LogP contribution in [0.5, 0.6) is 0 Å². The van der Waals surface area contributed by atoms with Crippen molar-refractivity contribution >= 4 is 11.7 Å². The van der Waals surface area contributed by atoms with Gasteiger partial charge < -0.3 is 20.9 Å². The molecule has 17 heavy (non-hydrogen) atoms. The summed E-state index contributed by atoms with van der Waals surface area (Å²) in [6, 6.07) is 0. The van der Waals surface area contributed by atoms with Crippen molar-refractivity contribution in [2.75, 3.05) is 13.1 Å². The summed E-state index contributed by atoms with van der Waals surface area (Å²) in [5.41, 5.74) is 4.51. The first-order valence-electron chi connectivity index (χ1n) is 5.76. The molecule has 0 aromatic rings. The Balaban J connectivity index is 2.73. The van der Waals surface area contributed by atoms with Crippen molar-refractivity contribution < 1.29 is 15.1 Å². The molecule has 98 valence electrons. The molecule has 0 aromatic carbocycles. The van der Waals surface area contributed by atoms with Crippen LogP contribution in [0.1, 0.15) is 27.2 Å². The van der Waals surface area contributed by atoms with Crippen molar-refractivity contribution in [3.63, 3.8) is 0 Å². The van der Waals surface area contributed by atoms with Crippen LogP contribution in [0.4, 0.5) is 0 Å². The number of nitrogens with zero attached hydrogens (tertiary/aromatic N) is 2. The van der Waals surface area contributed by atoms with Crippen molar-refractivity contribution in [1.82, 2.24) is 4.90 Å². The molecule has 0 bridgehead atoms. The number of rotatable bonds is 3. The molecule has 1 aliphatic heterocycles. The quantitative estimate of drug-likeness (QED) is 0.281. The highest BCUT2D eigenvalue weighted by atomic mass is 16.4. The predicted octanol–water partition coefficient (Wildman–Crippen LogP) is -0.0117. The van der Waals surface area contributed by atoms with Crippen LogP contribution in [0.25, 0.3) is 0 Å². The van der Waals surface area contributed by atoms with Crippen LogP contribution in [0, 0.1) is 11.3 Å². The Kier molecular flexibility index (Phi) is 3.98. The van der Waals surface area contributed by atoms with Gasteiger partial charge in [0.2, 0.25) is 5.91 Å². The van der Waals surface area contributed by atoms with Gasteiger partial charge in [0.1, 0.15) is 5.41 Å². The SMILES string of the molecule is CC(O)C1CCN(C(=O)C(C)(C)C(N)=NO)C1. The predicted molar refractivity (Wildman–Crippen MR) is 63.6 cm³/mol. The van der Waals surface area contributed by atoms with Crippen LogP contribution in [0.2, 0.25) is 0 Å². The molecular weight excluding hydrogens is 222 g/mol. The second-order valence-electron chi connectivity index (χ2n) is 5.15. The Labute approximate surface area is 101 Å². The molecule has 0 spiro atoms. The molecule has 6 nitrogen and oxygen atoms in total. The van der Waals surface area contributed by atoms with Crippen molar-refractivity contribution in [2.45, 2.75) is 33.3 Å². The minimum Gasteiger partial charge on any atom is -0.409 e. The highest BCUT2D eigenvalue weighted by Crippen LogP contribution is 2.26. The van der Waals surface area contributed by atoms with Gasteiger partial charge in [-0.25, -0.2) is 0 Å². The third kappa shape index (κ3) is 2.69. The first kappa shape index (κ1) is 13.8. The zero-order chi connectivity index (χ0) is 13.2. The van der Waals surface area contributed by atoms with Gasteiger partial charge in [-0.05, 0) is 27.2 Å². The van der Waals surface area contributed by atoms with Crippen molar-refractivity contribution in [2.24, 2.45) is 22.2 Å². The summed E-state index contributed by atoms with van der Waals surface area (Å²) in [6.07, 6.45) is 0.370. The highest BCUT2D eigenvalue weighted by molar-refractivity contribution is 6.05. The van der Waals surface area contributed by atoms with Gasteiger partial charge in [0.25, 0.3) is 0 Å². The number of hydrogen-bond donors (Lipinski definition) is 3. The van der Waals surface area contributed by atoms with E-state index in [4.69, 9.17) is 10.9 Å². The molecule has 4 N–H and O–H groups in total. The van der Waals surface area contributed by atoms with Gasteiger partial charge >= 0.3 is 0 Å². The molecule has 1 amide bonds. The van der Waals surface area contributed by atoms with Crippen LogP contribution in [0.15, 0.2) is 5.16 Å². The molecule has 1 rings (SSSR count). The molecule has 0 radical (unpaired) electrons. The van der Waals surface area contributed by atoms with Crippen molar-refractivity contribution in [3.8, 4) is 0 Å². The number of likely N-dealkylation sites (tertiary alicyclic amines) is 1. The van der Waals surface area contributed by atoms with Gasteiger partial charge in [-0.15, -0.1) is 0 Å². The standard InChI is InChI=1S/C11H21N3O3/c1-7(15)8-4-5-14(6-8)10(16)11(2,3)9(12)13-17/h7-8,15,17H,4-6H2,1-3H3,(H2,12,13). The summed E-state index contributed by atoms with van der Waals surface area (Å²) in [4.78, 5) is 13.9. The summed E-state index contributed by atoms with van der Waals surface area (Å²) in [6.45, 7) is 6.11. The smallest absolute Gasteiger partial charge is 0.235 e. The van der Waals surface area contributed by atoms with E-state index in [-0.39, 0.29) is 17.7 Å². The molecular formula is C11H21N3O3. The maximum atomic E-state index is 12.2. The third-order valence-corrected chi connectivity index (χ3v) is 3.48. The largest absolute Gasteiger partial charge is 0.409 e. The van der Waals surface area contributed by atoms with E-state index >= 15 is 0 Å². The molecule has 1 saturated heterocycles. The van der Waals surface area contributed by atoms with Gasteiger partial charge in [-0.1, -0.05) is 5.16 Å². The van der Waals surface area contributed by atoms with Gasteiger partial charge in [-0.3, -0.25) is 4.79 Å². The summed E-state index contributed by atoms with van der Waals surface area (Å²) >= 11 is 0. The van der Waals surface area contributed by atoms with Crippen LogP contribution in [0.3, 0.4) is 0 Å². The van der Waals surface area contributed by atoms with Gasteiger partial charge in [0.05, 0.1) is 6.10 Å². The zero-order valence-electron chi connectivity index (χ0n) is 10.6. The van der Waals surface area contributed by atoms with E-state index in [2.05, 4.69) is 5.16 Å². The number of nitrogens with two attached hydrogens (primary N) is 1. The molecule has 6 heteroatoms. The number of oxime groups is 1. The van der Waals surface area contributed by atoms with E-state index in [1.165, 1.54) is 0 Å². The lowest BCUT2D eigenvalue weighted by molar-refractivity contribution is -0.136. The number of aliphatic hydroxyl groups is 1. The normalized spacial score (nSPS) is 23.9. The fraction of sp³-hybridized carbons (Fsp3) is 0.818. The second kappa shape index (κ2) is 4.91. The number of carbonyl (C=O) groups excluding carboxylic acids is 1. The van der Waals surface area contributed by atoms with Gasteiger partial charge in [0, 0.05) is 19.0 Å². The highest BCUT2D eigenvalue weighted by Gasteiger charge is 2.39. The first-order valence-corrected chi connectivity index (χ1v) is 5.76. The Hall–Kier alpha value is -1.30. The summed E-state index contributed by atoms with van der Waals surface area (Å²) in [5, 5.41) is 21.0. The lowest BCUT2D eigenvalue weighted by Gasteiger charge is -2.28. The zero-order valence-corrected chi connectivity index (χ0v) is 10.6. The van der Waals surface area contributed by atoms with E-state index in [0.717, 1.165) is 6.42 Å². The fourth-order valence-corrected chi connectivity index (χ4v) is 2.00. The Morgan fingerprint density at radius 2 is 2.18 bits per heavy atom. The number of amides is 1. The summed E-state index contributed by atoms with van der Waals surface area (Å²) in [7, 11) is 0. The van der Waals surface area contributed by atoms with Crippen LogP contribution >= 0.6 is 0 Å². The molecule has 2 atom stereocenters. The van der Waals surface area contributed by atoms with Crippen LogP contribution in [-0.2, 0) is 4.79 Å². The monoisotopic (exact) mass is 243 g/mol. The lowest BCUT2D eigenvalue weighted by atomic mass is 9.90. The molecule has 2 unspecified atom stereocenters. The van der Waals surface area contributed by atoms with E-state index in [1.807, 2.05) is 0 Å². The van der Waals surface area contributed by atoms with Crippen molar-refractivity contribution in [3.05, 3.63) is 0 Å². The summed E-state index contributed by atoms with van der Waals surface area (Å²) in [5.74, 6) is -0.152. The van der Waals surface area contributed by atoms with Crippen LogP contribution < -0.4 is 5.73 Å². The number of aliphatic hydroxyl groups excluding tert-OH is 1. The maximum absolute atomic E-state index is 12.2. The van der Waals surface area contributed by atoms with E-state index in [0.29, 0.717) is 13.1 Å². The van der Waals surface area contributed by atoms with E-state index in [9.17, 15) is 9.90 Å². The van der Waals surface area contributed by atoms with Gasteiger partial charge in [0.15, 0.2) is 5.84 Å².